The van der Waals surface area contributed by atoms with Crippen LogP contribution in [-0.4, -0.2) is 39.9 Å². The number of carbonyl (C=O) groups excluding carboxylic acids is 2. The highest BCUT2D eigenvalue weighted by atomic mass is 32.1. The second kappa shape index (κ2) is 11.3. The summed E-state index contributed by atoms with van der Waals surface area (Å²) in [6.45, 7) is 10.1. The van der Waals surface area contributed by atoms with Gasteiger partial charge in [0.25, 0.3) is 0 Å². The highest BCUT2D eigenvalue weighted by molar-refractivity contribution is 7.17. The minimum absolute atomic E-state index is 0.287. The zero-order valence-corrected chi connectivity index (χ0v) is 22.3. The van der Waals surface area contributed by atoms with Gasteiger partial charge in [-0.05, 0) is 50.8 Å². The average Bonchev–Trinajstić information content (AvgIpc) is 3.52. The average molecular weight is 517 g/mol. The van der Waals surface area contributed by atoms with Crippen LogP contribution in [0, 0.1) is 6.92 Å². The van der Waals surface area contributed by atoms with E-state index in [2.05, 4.69) is 33.0 Å². The fourth-order valence-electron chi connectivity index (χ4n) is 4.34. The molecule has 3 aromatic heterocycles. The van der Waals surface area contributed by atoms with E-state index >= 15 is 0 Å². The fourth-order valence-corrected chi connectivity index (χ4v) is 6.97. The van der Waals surface area contributed by atoms with E-state index in [0.29, 0.717) is 29.4 Å². The van der Waals surface area contributed by atoms with Gasteiger partial charge in [0.15, 0.2) is 0 Å². The van der Waals surface area contributed by atoms with Crippen molar-refractivity contribution in [3.8, 4) is 5.00 Å². The van der Waals surface area contributed by atoms with Crippen LogP contribution in [0.15, 0.2) is 6.33 Å². The van der Waals surface area contributed by atoms with Crippen LogP contribution in [0.5, 0.6) is 0 Å². The predicted octanol–water partition coefficient (Wildman–Crippen LogP) is 4.36. The summed E-state index contributed by atoms with van der Waals surface area (Å²) in [4.78, 5) is 32.4. The molecule has 0 spiro atoms. The fraction of sp³-hybridized carbons (Fsp3) is 0.500. The predicted molar refractivity (Wildman–Crippen MR) is 139 cm³/mol. The number of rotatable bonds is 9. The van der Waals surface area contributed by atoms with Gasteiger partial charge in [-0.3, -0.25) is 5.32 Å². The number of anilines is 1. The smallest absolute Gasteiger partial charge is 0.341 e. The largest absolute Gasteiger partial charge is 0.462 e. The lowest BCUT2D eigenvalue weighted by Gasteiger charge is -2.15. The number of aryl methyl sites for hydroxylation is 2. The number of carbonyl (C=O) groups is 2. The second-order valence-electron chi connectivity index (χ2n) is 8.29. The lowest BCUT2D eigenvalue weighted by molar-refractivity contribution is 0.0527. The molecule has 3 N–H and O–H groups in total. The van der Waals surface area contributed by atoms with Crippen molar-refractivity contribution in [2.24, 2.45) is 0 Å². The first-order chi connectivity index (χ1) is 17.0. The van der Waals surface area contributed by atoms with Crippen molar-refractivity contribution in [2.45, 2.75) is 66.5 Å². The summed E-state index contributed by atoms with van der Waals surface area (Å²) in [5, 5.41) is 15.4. The third kappa shape index (κ3) is 5.41. The summed E-state index contributed by atoms with van der Waals surface area (Å²) in [6, 6.07) is -0.350. The number of hydrogen-bond acceptors (Lipinski definition) is 8. The van der Waals surface area contributed by atoms with E-state index in [9.17, 15) is 9.59 Å². The van der Waals surface area contributed by atoms with Crippen LogP contribution in [0.3, 0.4) is 0 Å². The van der Waals surface area contributed by atoms with Crippen molar-refractivity contribution < 1.29 is 14.3 Å². The SMILES string of the molecule is CCCc1sc(NC(=O)NCc2c(-n3cnc(C)n3)sc3c2CCNC3)c(C(=O)OCC)c1CC. The molecule has 1 aliphatic heterocycles. The minimum atomic E-state index is -0.388. The van der Waals surface area contributed by atoms with Gasteiger partial charge in [-0.15, -0.1) is 22.7 Å². The van der Waals surface area contributed by atoms with E-state index in [-0.39, 0.29) is 18.6 Å². The van der Waals surface area contributed by atoms with Crippen LogP contribution in [0.1, 0.15) is 69.8 Å². The number of nitrogens with one attached hydrogen (secondary N) is 3. The van der Waals surface area contributed by atoms with Crippen LogP contribution in [0.4, 0.5) is 9.80 Å². The lowest BCUT2D eigenvalue weighted by Crippen LogP contribution is -2.30. The van der Waals surface area contributed by atoms with Crippen molar-refractivity contribution in [3.05, 3.63) is 44.2 Å². The van der Waals surface area contributed by atoms with E-state index in [1.807, 2.05) is 13.8 Å². The number of nitrogens with zero attached hydrogens (tertiary/aromatic N) is 3. The van der Waals surface area contributed by atoms with Crippen LogP contribution in [-0.2, 0) is 37.1 Å². The standard InChI is InChI=1S/C24H32N6O3S2/c1-5-8-18-15(6-2)20(23(31)33-7-3)21(34-18)28-24(32)26-11-17-16-9-10-25-12-19(16)35-22(17)30-13-27-14(4)29-30/h13,25H,5-12H2,1-4H3,(H2,26,28,32). The molecular weight excluding hydrogens is 484 g/mol. The molecule has 0 radical (unpaired) electrons. The van der Waals surface area contributed by atoms with E-state index < -0.39 is 0 Å². The van der Waals surface area contributed by atoms with Gasteiger partial charge in [-0.1, -0.05) is 20.3 Å². The first-order valence-corrected chi connectivity index (χ1v) is 13.7. The molecule has 4 rings (SSSR count). The molecule has 0 bridgehead atoms. The van der Waals surface area contributed by atoms with Crippen LogP contribution in [0.2, 0.25) is 0 Å². The Morgan fingerprint density at radius 3 is 2.74 bits per heavy atom. The normalized spacial score (nSPS) is 12.9. The molecule has 3 aromatic rings. The van der Waals surface area contributed by atoms with E-state index in [0.717, 1.165) is 53.4 Å². The highest BCUT2D eigenvalue weighted by Gasteiger charge is 2.26. The van der Waals surface area contributed by atoms with Crippen LogP contribution >= 0.6 is 22.7 Å². The molecule has 0 fully saturated rings. The topological polar surface area (TPSA) is 110 Å². The Bertz CT molecular complexity index is 1210. The maximum absolute atomic E-state index is 13.0. The number of urea groups is 1. The van der Waals surface area contributed by atoms with Crippen LogP contribution < -0.4 is 16.0 Å². The first-order valence-electron chi connectivity index (χ1n) is 12.1. The number of amides is 2. The number of ether oxygens (including phenoxy) is 1. The number of hydrogen-bond donors (Lipinski definition) is 3. The van der Waals surface area contributed by atoms with Crippen molar-refractivity contribution in [1.82, 2.24) is 25.4 Å². The number of esters is 1. The molecule has 9 nitrogen and oxygen atoms in total. The Labute approximate surface area is 213 Å². The van der Waals surface area contributed by atoms with Gasteiger partial charge in [0.2, 0.25) is 0 Å². The lowest BCUT2D eigenvalue weighted by atomic mass is 10.0. The van der Waals surface area contributed by atoms with Gasteiger partial charge in [0.1, 0.15) is 22.2 Å². The summed E-state index contributed by atoms with van der Waals surface area (Å²) in [5.41, 5.74) is 3.77. The third-order valence-corrected chi connectivity index (χ3v) is 8.36. The van der Waals surface area contributed by atoms with Crippen LogP contribution in [0.25, 0.3) is 5.00 Å². The summed E-state index contributed by atoms with van der Waals surface area (Å²) < 4.78 is 7.10. The monoisotopic (exact) mass is 516 g/mol. The van der Waals surface area contributed by atoms with Gasteiger partial charge < -0.3 is 15.4 Å². The van der Waals surface area contributed by atoms with Gasteiger partial charge in [-0.25, -0.2) is 19.3 Å². The third-order valence-electron chi connectivity index (χ3n) is 5.88. The molecule has 0 saturated carbocycles. The molecule has 0 aliphatic carbocycles. The zero-order valence-electron chi connectivity index (χ0n) is 20.6. The first kappa shape index (κ1) is 25.3. The second-order valence-corrected chi connectivity index (χ2v) is 10.5. The number of aromatic nitrogens is 3. The maximum Gasteiger partial charge on any atom is 0.341 e. The molecule has 4 heterocycles. The Balaban J connectivity index is 1.56. The minimum Gasteiger partial charge on any atom is -0.462 e. The molecular formula is C24H32N6O3S2. The van der Waals surface area contributed by atoms with Crippen molar-refractivity contribution >= 4 is 39.7 Å². The molecule has 1 aliphatic rings. The van der Waals surface area contributed by atoms with Gasteiger partial charge >= 0.3 is 12.0 Å². The van der Waals surface area contributed by atoms with Gasteiger partial charge in [0.05, 0.1) is 12.2 Å². The van der Waals surface area contributed by atoms with Gasteiger partial charge in [-0.2, -0.15) is 5.10 Å². The maximum atomic E-state index is 13.0. The number of thiophene rings is 2. The molecule has 0 saturated heterocycles. The zero-order chi connectivity index (χ0) is 24.9. The highest BCUT2D eigenvalue weighted by Crippen LogP contribution is 2.36. The Morgan fingerprint density at radius 2 is 2.06 bits per heavy atom. The molecule has 188 valence electrons. The van der Waals surface area contributed by atoms with E-state index in [1.165, 1.54) is 21.8 Å². The number of fused-ring (bicyclic) bond motifs is 1. The Morgan fingerprint density at radius 1 is 1.23 bits per heavy atom. The van der Waals surface area contributed by atoms with E-state index in [4.69, 9.17) is 4.74 Å². The Kier molecular flexibility index (Phi) is 8.19. The van der Waals surface area contributed by atoms with Crippen molar-refractivity contribution in [3.63, 3.8) is 0 Å². The quantitative estimate of drug-likeness (QED) is 0.365. The van der Waals surface area contributed by atoms with Crippen molar-refractivity contribution in [1.29, 1.82) is 0 Å². The summed E-state index contributed by atoms with van der Waals surface area (Å²) in [7, 11) is 0. The summed E-state index contributed by atoms with van der Waals surface area (Å²) >= 11 is 3.14. The Hall–Kier alpha value is -2.76. The van der Waals surface area contributed by atoms with Crippen molar-refractivity contribution in [2.75, 3.05) is 18.5 Å². The van der Waals surface area contributed by atoms with E-state index in [1.54, 1.807) is 29.3 Å². The molecule has 0 unspecified atom stereocenters. The molecule has 35 heavy (non-hydrogen) atoms. The van der Waals surface area contributed by atoms with Gasteiger partial charge in [0, 0.05) is 28.4 Å². The molecule has 0 aromatic carbocycles. The molecule has 2 amide bonds. The summed E-state index contributed by atoms with van der Waals surface area (Å²) in [6.07, 6.45) is 5.14. The molecule has 11 heteroatoms. The summed E-state index contributed by atoms with van der Waals surface area (Å²) in [5.74, 6) is 0.312. The molecule has 0 atom stereocenters.